The lowest BCUT2D eigenvalue weighted by molar-refractivity contribution is -0.137. The Bertz CT molecular complexity index is 1470. The lowest BCUT2D eigenvalue weighted by atomic mass is 9.94. The molecule has 12 heteroatoms. The second-order valence-corrected chi connectivity index (χ2v) is 8.97. The number of H-pyrrole nitrogens is 1. The van der Waals surface area contributed by atoms with Crippen LogP contribution in [0.3, 0.4) is 0 Å². The monoisotopic (exact) mass is 549 g/mol. The molecule has 1 heterocycles. The van der Waals surface area contributed by atoms with E-state index >= 15 is 0 Å². The quantitative estimate of drug-likeness (QED) is 0.219. The van der Waals surface area contributed by atoms with Gasteiger partial charge in [-0.2, -0.15) is 18.3 Å². The minimum atomic E-state index is -4.58. The molecular formula is C25H20Cl2F3N5O2. The first kappa shape index (κ1) is 26.5. The normalized spacial score (nSPS) is 12.4. The van der Waals surface area contributed by atoms with Crippen LogP contribution >= 0.6 is 23.2 Å². The highest BCUT2D eigenvalue weighted by molar-refractivity contribution is 6.42. The maximum absolute atomic E-state index is 13.1. The lowest BCUT2D eigenvalue weighted by Crippen LogP contribution is -2.23. The van der Waals surface area contributed by atoms with Crippen LogP contribution in [0.2, 0.25) is 10.0 Å². The zero-order valence-corrected chi connectivity index (χ0v) is 20.5. The van der Waals surface area contributed by atoms with Crippen molar-refractivity contribution in [1.82, 2.24) is 10.2 Å². The largest absolute Gasteiger partial charge is 0.416 e. The van der Waals surface area contributed by atoms with Crippen LogP contribution in [0.5, 0.6) is 0 Å². The number of anilines is 2. The highest BCUT2D eigenvalue weighted by Gasteiger charge is 2.31. The fraction of sp³-hybridized carbons (Fsp3) is 0.160. The van der Waals surface area contributed by atoms with Gasteiger partial charge in [0.1, 0.15) is 0 Å². The first-order valence-electron chi connectivity index (χ1n) is 11.0. The maximum atomic E-state index is 13.1. The number of nitrogens with two attached hydrogens (primary N) is 1. The van der Waals surface area contributed by atoms with Crippen molar-refractivity contribution >= 4 is 57.4 Å². The summed E-state index contributed by atoms with van der Waals surface area (Å²) in [6, 6.07) is 13.9. The van der Waals surface area contributed by atoms with Gasteiger partial charge in [-0.25, -0.2) is 0 Å². The summed E-state index contributed by atoms with van der Waals surface area (Å²) in [7, 11) is 0. The van der Waals surface area contributed by atoms with Gasteiger partial charge in [0.05, 0.1) is 27.0 Å². The second-order valence-electron chi connectivity index (χ2n) is 8.16. The van der Waals surface area contributed by atoms with Gasteiger partial charge in [0.25, 0.3) is 5.91 Å². The highest BCUT2D eigenvalue weighted by atomic mass is 35.5. The van der Waals surface area contributed by atoms with Gasteiger partial charge in [-0.05, 0) is 67.1 Å². The van der Waals surface area contributed by atoms with Crippen molar-refractivity contribution in [2.24, 2.45) is 5.73 Å². The van der Waals surface area contributed by atoms with Crippen molar-refractivity contribution in [2.45, 2.75) is 18.5 Å². The van der Waals surface area contributed by atoms with Gasteiger partial charge in [0.2, 0.25) is 5.91 Å². The number of aromatic nitrogens is 2. The number of alkyl halides is 3. The molecule has 0 aliphatic heterocycles. The van der Waals surface area contributed by atoms with Crippen molar-refractivity contribution in [1.29, 1.82) is 0 Å². The van der Waals surface area contributed by atoms with Gasteiger partial charge < -0.3 is 16.4 Å². The number of nitrogens with one attached hydrogen (secondary N) is 3. The van der Waals surface area contributed by atoms with Gasteiger partial charge in [0, 0.05) is 16.6 Å². The molecule has 0 bridgehead atoms. The summed E-state index contributed by atoms with van der Waals surface area (Å²) in [6.45, 7) is 0.255. The molecule has 192 valence electrons. The first-order chi connectivity index (χ1) is 17.6. The predicted octanol–water partition coefficient (Wildman–Crippen LogP) is 6.21. The summed E-state index contributed by atoms with van der Waals surface area (Å²) < 4.78 is 39.0. The SMILES string of the molecule is NCCC(C(=O)Nc1ccc2[nH]nc(NC(=O)c3cccc(C(F)(F)F)c3)c2c1)c1ccc(Cl)c(Cl)c1. The van der Waals surface area contributed by atoms with Crippen molar-refractivity contribution in [3.05, 3.63) is 87.4 Å². The Morgan fingerprint density at radius 2 is 1.78 bits per heavy atom. The number of hydrogen-bond donors (Lipinski definition) is 4. The summed E-state index contributed by atoms with van der Waals surface area (Å²) in [6.07, 6.45) is -4.22. The number of nitrogens with zero attached hydrogens (tertiary/aromatic N) is 1. The number of amides is 2. The van der Waals surface area contributed by atoms with E-state index in [1.807, 2.05) is 0 Å². The van der Waals surface area contributed by atoms with E-state index in [9.17, 15) is 22.8 Å². The van der Waals surface area contributed by atoms with Crippen molar-refractivity contribution < 1.29 is 22.8 Å². The molecule has 0 saturated carbocycles. The molecule has 37 heavy (non-hydrogen) atoms. The van der Waals surface area contributed by atoms with E-state index in [2.05, 4.69) is 20.8 Å². The fourth-order valence-electron chi connectivity index (χ4n) is 3.78. The number of halogens is 5. The van der Waals surface area contributed by atoms with Crippen LogP contribution in [0.25, 0.3) is 10.9 Å². The zero-order chi connectivity index (χ0) is 26.7. The highest BCUT2D eigenvalue weighted by Crippen LogP contribution is 2.31. The maximum Gasteiger partial charge on any atom is 0.416 e. The van der Waals surface area contributed by atoms with Crippen LogP contribution < -0.4 is 16.4 Å². The van der Waals surface area contributed by atoms with E-state index in [1.54, 1.807) is 36.4 Å². The van der Waals surface area contributed by atoms with Gasteiger partial charge >= 0.3 is 6.18 Å². The number of carbonyl (C=O) groups excluding carboxylic acids is 2. The molecule has 7 nitrogen and oxygen atoms in total. The third-order valence-electron chi connectivity index (χ3n) is 5.63. The minimum Gasteiger partial charge on any atom is -0.330 e. The molecule has 0 spiro atoms. The fourth-order valence-corrected chi connectivity index (χ4v) is 4.08. The van der Waals surface area contributed by atoms with E-state index in [4.69, 9.17) is 28.9 Å². The third kappa shape index (κ3) is 6.04. The lowest BCUT2D eigenvalue weighted by Gasteiger charge is -2.17. The average Bonchev–Trinajstić information content (AvgIpc) is 3.25. The molecular weight excluding hydrogens is 530 g/mol. The molecule has 4 rings (SSSR count). The number of benzene rings is 3. The molecule has 2 amide bonds. The summed E-state index contributed by atoms with van der Waals surface area (Å²) in [5, 5.41) is 13.3. The van der Waals surface area contributed by atoms with Crippen LogP contribution in [0.1, 0.15) is 33.8 Å². The summed E-state index contributed by atoms with van der Waals surface area (Å²) in [4.78, 5) is 25.7. The topological polar surface area (TPSA) is 113 Å². The van der Waals surface area contributed by atoms with Crippen LogP contribution in [0.15, 0.2) is 60.7 Å². The molecule has 1 atom stereocenters. The first-order valence-corrected chi connectivity index (χ1v) is 11.7. The molecule has 1 aromatic heterocycles. The van der Waals surface area contributed by atoms with E-state index in [0.29, 0.717) is 38.6 Å². The van der Waals surface area contributed by atoms with E-state index in [0.717, 1.165) is 18.2 Å². The van der Waals surface area contributed by atoms with E-state index < -0.39 is 23.6 Å². The Morgan fingerprint density at radius 1 is 1.00 bits per heavy atom. The van der Waals surface area contributed by atoms with Crippen molar-refractivity contribution in [3.63, 3.8) is 0 Å². The Hall–Kier alpha value is -3.60. The molecule has 0 radical (unpaired) electrons. The van der Waals surface area contributed by atoms with E-state index in [1.165, 1.54) is 6.07 Å². The number of carbonyl (C=O) groups is 2. The van der Waals surface area contributed by atoms with Crippen molar-refractivity contribution in [3.8, 4) is 0 Å². The van der Waals surface area contributed by atoms with E-state index in [-0.39, 0.29) is 23.8 Å². The van der Waals surface area contributed by atoms with Gasteiger partial charge in [-0.1, -0.05) is 35.3 Å². The summed E-state index contributed by atoms with van der Waals surface area (Å²) >= 11 is 12.1. The molecule has 0 saturated heterocycles. The molecule has 0 aliphatic carbocycles. The number of hydrogen-bond acceptors (Lipinski definition) is 4. The van der Waals surface area contributed by atoms with Crippen LogP contribution in [0.4, 0.5) is 24.7 Å². The van der Waals surface area contributed by atoms with Gasteiger partial charge in [0.15, 0.2) is 5.82 Å². The van der Waals surface area contributed by atoms with Gasteiger partial charge in [-0.3, -0.25) is 14.7 Å². The van der Waals surface area contributed by atoms with Crippen LogP contribution in [-0.2, 0) is 11.0 Å². The molecule has 1 unspecified atom stereocenters. The summed E-state index contributed by atoms with van der Waals surface area (Å²) in [5.74, 6) is -1.60. The number of rotatable bonds is 7. The number of fused-ring (bicyclic) bond motifs is 1. The Labute approximate surface area is 219 Å². The Kier molecular flexibility index (Phi) is 7.72. The summed E-state index contributed by atoms with van der Waals surface area (Å²) in [5.41, 5.74) is 6.21. The zero-order valence-electron chi connectivity index (χ0n) is 19.0. The average molecular weight is 550 g/mol. The Morgan fingerprint density at radius 3 is 2.49 bits per heavy atom. The Balaban J connectivity index is 1.56. The molecule has 3 aromatic carbocycles. The predicted molar refractivity (Wildman–Crippen MR) is 137 cm³/mol. The second kappa shape index (κ2) is 10.8. The molecule has 5 N–H and O–H groups in total. The van der Waals surface area contributed by atoms with Gasteiger partial charge in [-0.15, -0.1) is 0 Å². The third-order valence-corrected chi connectivity index (χ3v) is 6.37. The molecule has 4 aromatic rings. The molecule has 0 aliphatic rings. The van der Waals surface area contributed by atoms with Crippen LogP contribution in [0, 0.1) is 0 Å². The van der Waals surface area contributed by atoms with Crippen molar-refractivity contribution in [2.75, 3.05) is 17.2 Å². The van der Waals surface area contributed by atoms with Crippen LogP contribution in [-0.4, -0.2) is 28.6 Å². The standard InChI is InChI=1S/C25H20Cl2F3N5O2/c26-19-6-4-13(11-20(19)27)17(8-9-31)24(37)32-16-5-7-21-18(12-16)22(35-34-21)33-23(36)14-2-1-3-15(10-14)25(28,29)30/h1-7,10-12,17H,8-9,31H2,(H,32,37)(H2,33,34,35,36). The smallest absolute Gasteiger partial charge is 0.330 e. The molecule has 0 fully saturated rings. The minimum absolute atomic E-state index is 0.0940. The number of aromatic amines is 1.